The van der Waals surface area contributed by atoms with Gasteiger partial charge in [0.25, 0.3) is 0 Å². The first-order valence-corrected chi connectivity index (χ1v) is 6.99. The minimum absolute atomic E-state index is 0.134. The van der Waals surface area contributed by atoms with Crippen molar-refractivity contribution in [3.05, 3.63) is 35.6 Å². The van der Waals surface area contributed by atoms with Crippen molar-refractivity contribution in [2.24, 2.45) is 0 Å². The SMILES string of the molecule is CCCN(Cc1cccc(F)c1)C1CCCNC1. The highest BCUT2D eigenvalue weighted by atomic mass is 19.1. The monoisotopic (exact) mass is 250 g/mol. The summed E-state index contributed by atoms with van der Waals surface area (Å²) < 4.78 is 13.2. The van der Waals surface area contributed by atoms with Gasteiger partial charge in [-0.25, -0.2) is 4.39 Å². The van der Waals surface area contributed by atoms with Crippen molar-refractivity contribution in [3.8, 4) is 0 Å². The smallest absolute Gasteiger partial charge is 0.123 e. The predicted octanol–water partition coefficient (Wildman–Crippen LogP) is 2.79. The number of halogens is 1. The summed E-state index contributed by atoms with van der Waals surface area (Å²) in [6.07, 6.45) is 3.64. The van der Waals surface area contributed by atoms with Crippen molar-refractivity contribution in [2.45, 2.75) is 38.8 Å². The fraction of sp³-hybridized carbons (Fsp3) is 0.600. The molecule has 1 aromatic rings. The topological polar surface area (TPSA) is 15.3 Å². The molecule has 1 fully saturated rings. The molecule has 2 nitrogen and oxygen atoms in total. The Bertz CT molecular complexity index is 361. The minimum atomic E-state index is -0.134. The van der Waals surface area contributed by atoms with Crippen LogP contribution in [-0.4, -0.2) is 30.6 Å². The molecule has 1 aliphatic heterocycles. The van der Waals surface area contributed by atoms with E-state index in [1.165, 1.54) is 18.9 Å². The molecular weight excluding hydrogens is 227 g/mol. The average Bonchev–Trinajstić information content (AvgIpc) is 2.39. The maximum atomic E-state index is 13.2. The molecule has 18 heavy (non-hydrogen) atoms. The van der Waals surface area contributed by atoms with E-state index in [-0.39, 0.29) is 5.82 Å². The highest BCUT2D eigenvalue weighted by Gasteiger charge is 2.20. The molecule has 0 bridgehead atoms. The Balaban J connectivity index is 2.00. The fourth-order valence-electron chi connectivity index (χ4n) is 2.69. The molecule has 1 aliphatic rings. The van der Waals surface area contributed by atoms with Crippen molar-refractivity contribution in [2.75, 3.05) is 19.6 Å². The van der Waals surface area contributed by atoms with E-state index >= 15 is 0 Å². The number of nitrogens with one attached hydrogen (secondary N) is 1. The van der Waals surface area contributed by atoms with E-state index in [2.05, 4.69) is 17.1 Å². The van der Waals surface area contributed by atoms with Gasteiger partial charge in [-0.2, -0.15) is 0 Å². The number of hydrogen-bond donors (Lipinski definition) is 1. The Kier molecular flexibility index (Phi) is 5.14. The third kappa shape index (κ3) is 3.79. The van der Waals surface area contributed by atoms with E-state index in [1.54, 1.807) is 12.1 Å². The molecule has 0 aliphatic carbocycles. The van der Waals surface area contributed by atoms with Crippen molar-refractivity contribution in [1.29, 1.82) is 0 Å². The number of nitrogens with zero attached hydrogens (tertiary/aromatic N) is 1. The molecule has 0 radical (unpaired) electrons. The summed E-state index contributed by atoms with van der Waals surface area (Å²) in [5, 5.41) is 3.46. The molecule has 0 amide bonds. The Hall–Kier alpha value is -0.930. The molecule has 1 heterocycles. The molecule has 0 spiro atoms. The van der Waals surface area contributed by atoms with Crippen LogP contribution >= 0.6 is 0 Å². The molecule has 3 heteroatoms. The lowest BCUT2D eigenvalue weighted by molar-refractivity contribution is 0.158. The van der Waals surface area contributed by atoms with Crippen molar-refractivity contribution in [3.63, 3.8) is 0 Å². The zero-order valence-corrected chi connectivity index (χ0v) is 11.2. The second-order valence-electron chi connectivity index (χ2n) is 5.10. The van der Waals surface area contributed by atoms with E-state index in [4.69, 9.17) is 0 Å². The van der Waals surface area contributed by atoms with Gasteiger partial charge in [-0.15, -0.1) is 0 Å². The summed E-state index contributed by atoms with van der Waals surface area (Å²) in [6.45, 7) is 6.35. The molecule has 0 aromatic heterocycles. The summed E-state index contributed by atoms with van der Waals surface area (Å²) in [5.74, 6) is -0.134. The van der Waals surface area contributed by atoms with Gasteiger partial charge in [-0.05, 0) is 50.0 Å². The normalized spacial score (nSPS) is 20.3. The maximum Gasteiger partial charge on any atom is 0.123 e. The number of piperidine rings is 1. The van der Waals surface area contributed by atoms with Gasteiger partial charge in [-0.1, -0.05) is 19.1 Å². The van der Waals surface area contributed by atoms with Crippen molar-refractivity contribution in [1.82, 2.24) is 10.2 Å². The van der Waals surface area contributed by atoms with Crippen LogP contribution in [0.4, 0.5) is 4.39 Å². The third-order valence-corrected chi connectivity index (χ3v) is 3.57. The lowest BCUT2D eigenvalue weighted by Crippen LogP contribution is -2.45. The van der Waals surface area contributed by atoms with E-state index in [1.807, 2.05) is 6.07 Å². The second-order valence-corrected chi connectivity index (χ2v) is 5.10. The first-order chi connectivity index (χ1) is 8.79. The number of hydrogen-bond acceptors (Lipinski definition) is 2. The summed E-state index contributed by atoms with van der Waals surface area (Å²) >= 11 is 0. The Morgan fingerprint density at radius 3 is 3.00 bits per heavy atom. The van der Waals surface area contributed by atoms with Gasteiger partial charge < -0.3 is 5.32 Å². The van der Waals surface area contributed by atoms with Gasteiger partial charge in [0.1, 0.15) is 5.82 Å². The van der Waals surface area contributed by atoms with Gasteiger partial charge >= 0.3 is 0 Å². The molecule has 1 aromatic carbocycles. The van der Waals surface area contributed by atoms with Crippen LogP contribution < -0.4 is 5.32 Å². The van der Waals surface area contributed by atoms with Crippen LogP contribution in [0.2, 0.25) is 0 Å². The summed E-state index contributed by atoms with van der Waals surface area (Å²) in [4.78, 5) is 2.49. The molecule has 0 saturated carbocycles. The highest BCUT2D eigenvalue weighted by molar-refractivity contribution is 5.16. The van der Waals surface area contributed by atoms with E-state index < -0.39 is 0 Å². The molecule has 2 rings (SSSR count). The fourth-order valence-corrected chi connectivity index (χ4v) is 2.69. The van der Waals surface area contributed by atoms with Gasteiger partial charge in [0.15, 0.2) is 0 Å². The third-order valence-electron chi connectivity index (χ3n) is 3.57. The first-order valence-electron chi connectivity index (χ1n) is 6.99. The van der Waals surface area contributed by atoms with Crippen LogP contribution in [0.5, 0.6) is 0 Å². The zero-order valence-electron chi connectivity index (χ0n) is 11.2. The quantitative estimate of drug-likeness (QED) is 0.864. The predicted molar refractivity (Wildman–Crippen MR) is 73.0 cm³/mol. The van der Waals surface area contributed by atoms with Crippen LogP contribution in [0.15, 0.2) is 24.3 Å². The molecule has 1 unspecified atom stereocenters. The van der Waals surface area contributed by atoms with Crippen LogP contribution in [0.25, 0.3) is 0 Å². The molecular formula is C15H23FN2. The van der Waals surface area contributed by atoms with Crippen molar-refractivity contribution >= 4 is 0 Å². The van der Waals surface area contributed by atoms with E-state index in [0.29, 0.717) is 6.04 Å². The summed E-state index contributed by atoms with van der Waals surface area (Å²) in [6, 6.07) is 7.58. The highest BCUT2D eigenvalue weighted by Crippen LogP contribution is 2.15. The number of rotatable bonds is 5. The maximum absolute atomic E-state index is 13.2. The van der Waals surface area contributed by atoms with Crippen molar-refractivity contribution < 1.29 is 4.39 Å². The van der Waals surface area contributed by atoms with Crippen LogP contribution in [0.3, 0.4) is 0 Å². The van der Waals surface area contributed by atoms with Crippen LogP contribution in [0.1, 0.15) is 31.7 Å². The average molecular weight is 250 g/mol. The standard InChI is InChI=1S/C15H23FN2/c1-2-9-18(15-7-4-8-17-11-15)12-13-5-3-6-14(16)10-13/h3,5-6,10,15,17H,2,4,7-9,11-12H2,1H3. The Morgan fingerprint density at radius 2 is 2.33 bits per heavy atom. The van der Waals surface area contributed by atoms with Gasteiger partial charge in [0.2, 0.25) is 0 Å². The Morgan fingerprint density at radius 1 is 1.44 bits per heavy atom. The Labute approximate surface area is 109 Å². The van der Waals surface area contributed by atoms with E-state index in [9.17, 15) is 4.39 Å². The van der Waals surface area contributed by atoms with Gasteiger partial charge in [-0.3, -0.25) is 4.90 Å². The van der Waals surface area contributed by atoms with Gasteiger partial charge in [0, 0.05) is 19.1 Å². The lowest BCUT2D eigenvalue weighted by atomic mass is 10.0. The summed E-state index contributed by atoms with van der Waals surface area (Å²) in [5.41, 5.74) is 1.08. The summed E-state index contributed by atoms with van der Waals surface area (Å²) in [7, 11) is 0. The van der Waals surface area contributed by atoms with Crippen LogP contribution in [-0.2, 0) is 6.54 Å². The molecule has 1 saturated heterocycles. The zero-order chi connectivity index (χ0) is 12.8. The molecule has 1 N–H and O–H groups in total. The molecule has 100 valence electrons. The number of benzene rings is 1. The lowest BCUT2D eigenvalue weighted by Gasteiger charge is -2.34. The second kappa shape index (κ2) is 6.86. The van der Waals surface area contributed by atoms with Crippen LogP contribution in [0, 0.1) is 5.82 Å². The first kappa shape index (κ1) is 13.5. The largest absolute Gasteiger partial charge is 0.315 e. The molecule has 1 atom stereocenters. The van der Waals surface area contributed by atoms with Gasteiger partial charge in [0.05, 0.1) is 0 Å². The van der Waals surface area contributed by atoms with E-state index in [0.717, 1.165) is 38.2 Å². The minimum Gasteiger partial charge on any atom is -0.315 e.